The van der Waals surface area contributed by atoms with E-state index in [1.54, 1.807) is 0 Å². The van der Waals surface area contributed by atoms with Gasteiger partial charge in [-0.15, -0.1) is 0 Å². The maximum Gasteiger partial charge on any atom is 0.433 e. The van der Waals surface area contributed by atoms with E-state index in [1.807, 2.05) is 0 Å². The van der Waals surface area contributed by atoms with Gasteiger partial charge in [-0.1, -0.05) is 0 Å². The minimum absolute atomic E-state index is 0.309. The van der Waals surface area contributed by atoms with E-state index in [0.29, 0.717) is 6.07 Å². The quantitative estimate of drug-likeness (QED) is 0.880. The molecule has 0 atom stereocenters. The molecule has 18 heavy (non-hydrogen) atoms. The average molecular weight is 258 g/mol. The normalized spacial score (nSPS) is 11.5. The van der Waals surface area contributed by atoms with Crippen molar-refractivity contribution in [3.63, 3.8) is 0 Å². The summed E-state index contributed by atoms with van der Waals surface area (Å²) < 4.78 is 38.1. The molecule has 0 spiro atoms. The lowest BCUT2D eigenvalue weighted by Gasteiger charge is -2.06. The first-order chi connectivity index (χ1) is 8.38. The van der Waals surface area contributed by atoms with E-state index < -0.39 is 17.8 Å². The zero-order valence-corrected chi connectivity index (χ0v) is 8.59. The van der Waals surface area contributed by atoms with Gasteiger partial charge < -0.3 is 5.11 Å². The first kappa shape index (κ1) is 12.0. The van der Waals surface area contributed by atoms with E-state index in [1.165, 1.54) is 6.20 Å². The third kappa shape index (κ3) is 2.29. The van der Waals surface area contributed by atoms with Gasteiger partial charge in [0.25, 0.3) is 5.95 Å². The molecule has 0 saturated heterocycles. The number of nitrogens with zero attached hydrogens (tertiary/aromatic N) is 4. The number of carboxylic acid groups (broad SMARTS) is 1. The third-order valence-electron chi connectivity index (χ3n) is 1.95. The molecule has 2 heterocycles. The predicted molar refractivity (Wildman–Crippen MR) is 51.1 cm³/mol. The molecule has 0 amide bonds. The lowest BCUT2D eigenvalue weighted by atomic mass is 10.4. The molecule has 6 nitrogen and oxygen atoms in total. The number of halogens is 3. The predicted octanol–water partition coefficient (Wildman–Crippen LogP) is 1.38. The van der Waals surface area contributed by atoms with Crippen LogP contribution in [0.5, 0.6) is 0 Å². The van der Waals surface area contributed by atoms with Gasteiger partial charge in [0.1, 0.15) is 5.69 Å². The van der Waals surface area contributed by atoms with Crippen molar-refractivity contribution in [1.82, 2.24) is 19.7 Å². The molecule has 0 aliphatic heterocycles. The molecule has 0 unspecified atom stereocenters. The summed E-state index contributed by atoms with van der Waals surface area (Å²) in [4.78, 5) is 17.4. The standard InChI is InChI=1S/C9H5F3N4O2/c10-9(11,12)6-1-3-13-8(14-6)16-4-2-5(15-16)7(17)18/h1-4H,(H,17,18). The van der Waals surface area contributed by atoms with Crippen molar-refractivity contribution in [1.29, 1.82) is 0 Å². The molecule has 0 saturated carbocycles. The van der Waals surface area contributed by atoms with Crippen molar-refractivity contribution in [2.24, 2.45) is 0 Å². The van der Waals surface area contributed by atoms with Gasteiger partial charge in [0.05, 0.1) is 0 Å². The van der Waals surface area contributed by atoms with E-state index in [-0.39, 0.29) is 11.6 Å². The summed E-state index contributed by atoms with van der Waals surface area (Å²) >= 11 is 0. The van der Waals surface area contributed by atoms with E-state index in [9.17, 15) is 18.0 Å². The molecule has 94 valence electrons. The lowest BCUT2D eigenvalue weighted by Crippen LogP contribution is -2.12. The van der Waals surface area contributed by atoms with Gasteiger partial charge >= 0.3 is 12.1 Å². The van der Waals surface area contributed by atoms with Gasteiger partial charge in [0, 0.05) is 12.4 Å². The number of carbonyl (C=O) groups is 1. The highest BCUT2D eigenvalue weighted by Crippen LogP contribution is 2.27. The first-order valence-corrected chi connectivity index (χ1v) is 4.57. The van der Waals surface area contributed by atoms with Crippen LogP contribution < -0.4 is 0 Å². The highest BCUT2D eigenvalue weighted by Gasteiger charge is 2.33. The number of aromatic nitrogens is 4. The van der Waals surface area contributed by atoms with Crippen LogP contribution in [0.1, 0.15) is 16.2 Å². The Bertz CT molecular complexity index is 593. The van der Waals surface area contributed by atoms with Crippen LogP contribution in [0.4, 0.5) is 13.2 Å². The van der Waals surface area contributed by atoms with Crippen LogP contribution in [-0.4, -0.2) is 30.8 Å². The van der Waals surface area contributed by atoms with Crippen LogP contribution >= 0.6 is 0 Å². The fourth-order valence-electron chi connectivity index (χ4n) is 1.17. The third-order valence-corrected chi connectivity index (χ3v) is 1.95. The summed E-state index contributed by atoms with van der Waals surface area (Å²) in [6, 6.07) is 1.84. The number of hydrogen-bond donors (Lipinski definition) is 1. The SMILES string of the molecule is O=C(O)c1ccn(-c2nccc(C(F)(F)F)n2)n1. The molecule has 2 aromatic heterocycles. The lowest BCUT2D eigenvalue weighted by molar-refractivity contribution is -0.141. The Morgan fingerprint density at radius 1 is 1.33 bits per heavy atom. The topological polar surface area (TPSA) is 80.9 Å². The second-order valence-corrected chi connectivity index (χ2v) is 3.19. The van der Waals surface area contributed by atoms with E-state index in [4.69, 9.17) is 5.11 Å². The molecule has 9 heteroatoms. The van der Waals surface area contributed by atoms with Crippen LogP contribution in [0.2, 0.25) is 0 Å². The van der Waals surface area contributed by atoms with Crippen LogP contribution in [0.15, 0.2) is 24.5 Å². The summed E-state index contributed by atoms with van der Waals surface area (Å²) in [6.07, 6.45) is -2.51. The minimum Gasteiger partial charge on any atom is -0.476 e. The molecule has 0 fully saturated rings. The molecule has 2 rings (SSSR count). The van der Waals surface area contributed by atoms with Crippen LogP contribution in [0.25, 0.3) is 5.95 Å². The smallest absolute Gasteiger partial charge is 0.433 e. The second-order valence-electron chi connectivity index (χ2n) is 3.19. The Morgan fingerprint density at radius 2 is 2.06 bits per heavy atom. The molecular formula is C9H5F3N4O2. The van der Waals surface area contributed by atoms with Crippen molar-refractivity contribution in [2.75, 3.05) is 0 Å². The first-order valence-electron chi connectivity index (χ1n) is 4.57. The monoisotopic (exact) mass is 258 g/mol. The average Bonchev–Trinajstić information content (AvgIpc) is 2.77. The number of aromatic carboxylic acids is 1. The van der Waals surface area contributed by atoms with Crippen molar-refractivity contribution >= 4 is 5.97 Å². The number of carboxylic acids is 1. The van der Waals surface area contributed by atoms with Crippen LogP contribution in [0, 0.1) is 0 Å². The Balaban J connectivity index is 2.41. The maximum absolute atomic E-state index is 12.4. The summed E-state index contributed by atoms with van der Waals surface area (Å²) in [6.45, 7) is 0. The van der Waals surface area contributed by atoms with Crippen LogP contribution in [-0.2, 0) is 6.18 Å². The summed E-state index contributed by atoms with van der Waals surface area (Å²) in [5, 5.41) is 12.2. The summed E-state index contributed by atoms with van der Waals surface area (Å²) in [7, 11) is 0. The van der Waals surface area contributed by atoms with E-state index in [2.05, 4.69) is 15.1 Å². The molecule has 0 bridgehead atoms. The molecule has 0 aliphatic carbocycles. The molecule has 0 aliphatic rings. The van der Waals surface area contributed by atoms with Gasteiger partial charge in [0.2, 0.25) is 0 Å². The van der Waals surface area contributed by atoms with E-state index in [0.717, 1.165) is 16.9 Å². The van der Waals surface area contributed by atoms with Crippen molar-refractivity contribution in [2.45, 2.75) is 6.18 Å². The van der Waals surface area contributed by atoms with Crippen molar-refractivity contribution < 1.29 is 23.1 Å². The number of hydrogen-bond acceptors (Lipinski definition) is 4. The Labute approximate surface area is 97.7 Å². The molecular weight excluding hydrogens is 253 g/mol. The van der Waals surface area contributed by atoms with Crippen LogP contribution in [0.3, 0.4) is 0 Å². The Hall–Kier alpha value is -2.45. The maximum atomic E-state index is 12.4. The molecule has 2 aromatic rings. The highest BCUT2D eigenvalue weighted by atomic mass is 19.4. The van der Waals surface area contributed by atoms with Crippen molar-refractivity contribution in [3.8, 4) is 5.95 Å². The van der Waals surface area contributed by atoms with Gasteiger partial charge in [-0.3, -0.25) is 0 Å². The largest absolute Gasteiger partial charge is 0.476 e. The number of rotatable bonds is 2. The van der Waals surface area contributed by atoms with Gasteiger partial charge in [0.15, 0.2) is 5.69 Å². The fourth-order valence-corrected chi connectivity index (χ4v) is 1.17. The molecule has 0 aromatic carbocycles. The summed E-state index contributed by atoms with van der Waals surface area (Å²) in [5.74, 6) is -1.64. The van der Waals surface area contributed by atoms with Crippen molar-refractivity contribution in [3.05, 3.63) is 35.9 Å². The van der Waals surface area contributed by atoms with E-state index >= 15 is 0 Å². The highest BCUT2D eigenvalue weighted by molar-refractivity contribution is 5.85. The minimum atomic E-state index is -4.60. The Kier molecular flexibility index (Phi) is 2.73. The molecule has 1 N–H and O–H groups in total. The fraction of sp³-hybridized carbons (Fsp3) is 0.111. The van der Waals surface area contributed by atoms with Gasteiger partial charge in [-0.2, -0.15) is 18.3 Å². The Morgan fingerprint density at radius 3 is 2.61 bits per heavy atom. The zero-order valence-electron chi connectivity index (χ0n) is 8.59. The zero-order chi connectivity index (χ0) is 13.3. The number of alkyl halides is 3. The van der Waals surface area contributed by atoms with Gasteiger partial charge in [-0.25, -0.2) is 19.4 Å². The second kappa shape index (κ2) is 4.09. The summed E-state index contributed by atoms with van der Waals surface area (Å²) in [5.41, 5.74) is -1.43. The van der Waals surface area contributed by atoms with Gasteiger partial charge in [-0.05, 0) is 12.1 Å². The molecule has 0 radical (unpaired) electrons.